The van der Waals surface area contributed by atoms with E-state index in [0.717, 1.165) is 5.75 Å². The summed E-state index contributed by atoms with van der Waals surface area (Å²) in [6.07, 6.45) is 2.75. The monoisotopic (exact) mass is 336 g/mol. The van der Waals surface area contributed by atoms with Gasteiger partial charge in [-0.2, -0.15) is 16.7 Å². The lowest BCUT2D eigenvalue weighted by molar-refractivity contribution is 0.583. The molecule has 1 aromatic rings. The number of nitrogens with one attached hydrogen (secondary N) is 1. The van der Waals surface area contributed by atoms with E-state index in [9.17, 15) is 8.42 Å². The van der Waals surface area contributed by atoms with Crippen LogP contribution in [0.25, 0.3) is 0 Å². The van der Waals surface area contributed by atoms with Gasteiger partial charge in [0, 0.05) is 30.9 Å². The number of sulfone groups is 1. The molecule has 0 aliphatic carbocycles. The quantitative estimate of drug-likeness (QED) is 0.892. The summed E-state index contributed by atoms with van der Waals surface area (Å²) in [4.78, 5) is 10.2. The molecule has 20 heavy (non-hydrogen) atoms. The van der Waals surface area contributed by atoms with Gasteiger partial charge >= 0.3 is 0 Å². The minimum absolute atomic E-state index is 0.368. The van der Waals surface area contributed by atoms with Crippen LogP contribution in [0.2, 0.25) is 5.02 Å². The highest BCUT2D eigenvalue weighted by Crippen LogP contribution is 2.30. The van der Waals surface area contributed by atoms with Crippen LogP contribution < -0.4 is 10.2 Å². The van der Waals surface area contributed by atoms with Crippen LogP contribution in [0, 0.1) is 0 Å². The molecule has 1 aliphatic rings. The number of hydrogen-bond acceptors (Lipinski definition) is 7. The Bertz CT molecular complexity index is 582. The molecule has 0 bridgehead atoms. The Labute approximate surface area is 128 Å². The summed E-state index contributed by atoms with van der Waals surface area (Å²) in [6, 6.07) is 0. The Morgan fingerprint density at radius 3 is 3.00 bits per heavy atom. The maximum Gasteiger partial charge on any atom is 0.224 e. The van der Waals surface area contributed by atoms with E-state index in [0.29, 0.717) is 35.6 Å². The summed E-state index contributed by atoms with van der Waals surface area (Å²) >= 11 is 7.77. The molecular weight excluding hydrogens is 320 g/mol. The van der Waals surface area contributed by atoms with Gasteiger partial charge in [0.05, 0.1) is 6.20 Å². The second-order valence-electron chi connectivity index (χ2n) is 4.45. The third kappa shape index (κ3) is 3.48. The van der Waals surface area contributed by atoms with Gasteiger partial charge in [0.2, 0.25) is 5.95 Å². The van der Waals surface area contributed by atoms with Gasteiger partial charge in [0.15, 0.2) is 15.7 Å². The van der Waals surface area contributed by atoms with Gasteiger partial charge in [-0.25, -0.2) is 13.4 Å². The molecule has 0 radical (unpaired) electrons. The SMILES string of the molecule is CCNc1ncc(Cl)c(N2CCSCC2S(C)(=O)=O)n1. The summed E-state index contributed by atoms with van der Waals surface area (Å²) < 4.78 is 23.9. The Balaban J connectivity index is 2.39. The summed E-state index contributed by atoms with van der Waals surface area (Å²) in [6.45, 7) is 3.23. The molecule has 2 heterocycles. The normalized spacial score (nSPS) is 19.9. The standard InChI is InChI=1S/C11H17ClN4O2S2/c1-3-13-11-14-6-8(12)10(15-11)16-4-5-19-7-9(16)20(2,17)18/h6,9H,3-5,7H2,1-2H3,(H,13,14,15). The molecule has 0 spiro atoms. The minimum atomic E-state index is -3.20. The first-order chi connectivity index (χ1) is 9.43. The number of rotatable bonds is 4. The molecule has 1 saturated heterocycles. The van der Waals surface area contributed by atoms with Gasteiger partial charge in [-0.15, -0.1) is 0 Å². The van der Waals surface area contributed by atoms with E-state index in [4.69, 9.17) is 11.6 Å². The number of thioether (sulfide) groups is 1. The van der Waals surface area contributed by atoms with Crippen LogP contribution >= 0.6 is 23.4 Å². The molecule has 1 unspecified atom stereocenters. The maximum absolute atomic E-state index is 11.9. The van der Waals surface area contributed by atoms with Crippen molar-refractivity contribution in [1.29, 1.82) is 0 Å². The van der Waals surface area contributed by atoms with E-state index in [1.54, 1.807) is 16.7 Å². The molecule has 1 aromatic heterocycles. The number of anilines is 2. The van der Waals surface area contributed by atoms with Crippen molar-refractivity contribution >= 4 is 45.0 Å². The second kappa shape index (κ2) is 6.36. The summed E-state index contributed by atoms with van der Waals surface area (Å²) in [5.74, 6) is 2.31. The van der Waals surface area contributed by atoms with E-state index in [-0.39, 0.29) is 0 Å². The summed E-state index contributed by atoms with van der Waals surface area (Å²) in [5.41, 5.74) is 0. The van der Waals surface area contributed by atoms with Crippen LogP contribution in [0.15, 0.2) is 6.20 Å². The van der Waals surface area contributed by atoms with Crippen molar-refractivity contribution in [3.63, 3.8) is 0 Å². The second-order valence-corrected chi connectivity index (χ2v) is 8.21. The molecule has 1 atom stereocenters. The first-order valence-corrected chi connectivity index (χ1v) is 9.72. The van der Waals surface area contributed by atoms with Gasteiger partial charge < -0.3 is 10.2 Å². The molecule has 2 rings (SSSR count). The maximum atomic E-state index is 11.9. The lowest BCUT2D eigenvalue weighted by atomic mass is 10.4. The first kappa shape index (κ1) is 15.7. The van der Waals surface area contributed by atoms with E-state index < -0.39 is 15.2 Å². The number of aromatic nitrogens is 2. The fourth-order valence-corrected chi connectivity index (χ4v) is 5.00. The Morgan fingerprint density at radius 1 is 1.60 bits per heavy atom. The van der Waals surface area contributed by atoms with E-state index in [1.807, 2.05) is 6.92 Å². The van der Waals surface area contributed by atoms with Crippen molar-refractivity contribution in [3.05, 3.63) is 11.2 Å². The molecular formula is C11H17ClN4O2S2. The third-order valence-corrected chi connectivity index (χ3v) is 5.82. The minimum Gasteiger partial charge on any atom is -0.354 e. The molecule has 9 heteroatoms. The Hall–Kier alpha value is -0.730. The average Bonchev–Trinajstić information content (AvgIpc) is 2.40. The predicted octanol–water partition coefficient (Wildman–Crippen LogP) is 1.49. The molecule has 1 aliphatic heterocycles. The number of nitrogens with zero attached hydrogens (tertiary/aromatic N) is 3. The summed E-state index contributed by atoms with van der Waals surface area (Å²) in [7, 11) is -3.20. The van der Waals surface area contributed by atoms with Crippen molar-refractivity contribution in [3.8, 4) is 0 Å². The van der Waals surface area contributed by atoms with Crippen LogP contribution in [0.5, 0.6) is 0 Å². The fourth-order valence-electron chi connectivity index (χ4n) is 1.98. The van der Waals surface area contributed by atoms with E-state index >= 15 is 0 Å². The number of halogens is 1. The highest BCUT2D eigenvalue weighted by molar-refractivity contribution is 8.01. The van der Waals surface area contributed by atoms with Crippen molar-refractivity contribution in [2.75, 3.05) is 41.1 Å². The smallest absolute Gasteiger partial charge is 0.224 e. The Kier molecular flexibility index (Phi) is 4.98. The third-order valence-electron chi connectivity index (χ3n) is 2.91. The van der Waals surface area contributed by atoms with Gasteiger partial charge in [-0.05, 0) is 6.92 Å². The zero-order chi connectivity index (χ0) is 14.8. The lowest BCUT2D eigenvalue weighted by Gasteiger charge is -2.35. The average molecular weight is 337 g/mol. The van der Waals surface area contributed by atoms with Crippen molar-refractivity contribution in [1.82, 2.24) is 9.97 Å². The highest BCUT2D eigenvalue weighted by Gasteiger charge is 2.33. The molecule has 0 aromatic carbocycles. The predicted molar refractivity (Wildman–Crippen MR) is 84.5 cm³/mol. The van der Waals surface area contributed by atoms with Crippen LogP contribution in [0.3, 0.4) is 0 Å². The molecule has 112 valence electrons. The largest absolute Gasteiger partial charge is 0.354 e. The Morgan fingerprint density at radius 2 is 2.35 bits per heavy atom. The molecule has 6 nitrogen and oxygen atoms in total. The van der Waals surface area contributed by atoms with Crippen LogP contribution in [-0.4, -0.2) is 54.6 Å². The zero-order valence-corrected chi connectivity index (χ0v) is 13.7. The van der Waals surface area contributed by atoms with Crippen LogP contribution in [0.1, 0.15) is 6.92 Å². The van der Waals surface area contributed by atoms with Crippen LogP contribution in [-0.2, 0) is 9.84 Å². The first-order valence-electron chi connectivity index (χ1n) is 6.23. The topological polar surface area (TPSA) is 75.2 Å². The number of hydrogen-bond donors (Lipinski definition) is 1. The molecule has 0 amide bonds. The van der Waals surface area contributed by atoms with Crippen molar-refractivity contribution < 1.29 is 8.42 Å². The highest BCUT2D eigenvalue weighted by atomic mass is 35.5. The van der Waals surface area contributed by atoms with Crippen molar-refractivity contribution in [2.24, 2.45) is 0 Å². The van der Waals surface area contributed by atoms with Gasteiger partial charge in [-0.3, -0.25) is 0 Å². The molecule has 1 fully saturated rings. The van der Waals surface area contributed by atoms with Gasteiger partial charge in [-0.1, -0.05) is 11.6 Å². The van der Waals surface area contributed by atoms with Crippen LogP contribution in [0.4, 0.5) is 11.8 Å². The molecule has 0 saturated carbocycles. The van der Waals surface area contributed by atoms with Gasteiger partial charge in [0.1, 0.15) is 10.4 Å². The van der Waals surface area contributed by atoms with E-state index in [2.05, 4.69) is 15.3 Å². The summed E-state index contributed by atoms with van der Waals surface area (Å²) in [5, 5.41) is 2.78. The zero-order valence-electron chi connectivity index (χ0n) is 11.3. The van der Waals surface area contributed by atoms with E-state index in [1.165, 1.54) is 12.5 Å². The van der Waals surface area contributed by atoms with Crippen molar-refractivity contribution in [2.45, 2.75) is 12.3 Å². The fraction of sp³-hybridized carbons (Fsp3) is 0.636. The van der Waals surface area contributed by atoms with Gasteiger partial charge in [0.25, 0.3) is 0 Å². The molecule has 1 N–H and O–H groups in total. The lowest BCUT2D eigenvalue weighted by Crippen LogP contribution is -2.47.